The SMILES string of the molecule is O=C(O)CCCNC(=O)NCCc1csc(N2CCCC2)n1. The first-order chi connectivity index (χ1) is 10.6. The molecule has 1 aliphatic heterocycles. The lowest BCUT2D eigenvalue weighted by molar-refractivity contribution is -0.137. The molecule has 1 fully saturated rings. The van der Waals surface area contributed by atoms with Crippen molar-refractivity contribution in [1.82, 2.24) is 15.6 Å². The fourth-order valence-corrected chi connectivity index (χ4v) is 3.19. The Kier molecular flexibility index (Phi) is 6.45. The highest BCUT2D eigenvalue weighted by Crippen LogP contribution is 2.24. The van der Waals surface area contributed by atoms with Crippen LogP contribution >= 0.6 is 11.3 Å². The van der Waals surface area contributed by atoms with Gasteiger partial charge in [-0.15, -0.1) is 11.3 Å². The molecule has 0 bridgehead atoms. The molecule has 122 valence electrons. The number of thiazole rings is 1. The molecular formula is C14H22N4O3S. The number of carboxylic acid groups (broad SMARTS) is 1. The quantitative estimate of drug-likeness (QED) is 0.629. The molecule has 2 amide bonds. The summed E-state index contributed by atoms with van der Waals surface area (Å²) in [7, 11) is 0. The molecule has 0 spiro atoms. The molecule has 0 unspecified atom stereocenters. The third-order valence-electron chi connectivity index (χ3n) is 3.44. The maximum Gasteiger partial charge on any atom is 0.314 e. The highest BCUT2D eigenvalue weighted by Gasteiger charge is 2.15. The van der Waals surface area contributed by atoms with E-state index in [1.54, 1.807) is 11.3 Å². The fraction of sp³-hybridized carbons (Fsp3) is 0.643. The zero-order valence-electron chi connectivity index (χ0n) is 12.5. The van der Waals surface area contributed by atoms with Gasteiger partial charge < -0.3 is 20.6 Å². The molecule has 22 heavy (non-hydrogen) atoms. The molecule has 3 N–H and O–H groups in total. The van der Waals surface area contributed by atoms with Gasteiger partial charge in [-0.25, -0.2) is 9.78 Å². The van der Waals surface area contributed by atoms with Crippen molar-refractivity contribution in [2.45, 2.75) is 32.1 Å². The largest absolute Gasteiger partial charge is 0.481 e. The molecule has 0 atom stereocenters. The number of nitrogens with one attached hydrogen (secondary N) is 2. The summed E-state index contributed by atoms with van der Waals surface area (Å²) in [6, 6.07) is -0.264. The summed E-state index contributed by atoms with van der Waals surface area (Å²) in [5, 5.41) is 17.0. The standard InChI is InChI=1S/C14H22N4O3S/c19-12(20)4-3-6-15-13(21)16-7-5-11-10-22-14(17-11)18-8-1-2-9-18/h10H,1-9H2,(H,19,20)(H2,15,16,21). The number of carbonyl (C=O) groups excluding carboxylic acids is 1. The van der Waals surface area contributed by atoms with E-state index in [1.807, 2.05) is 5.38 Å². The van der Waals surface area contributed by atoms with Gasteiger partial charge in [0.25, 0.3) is 0 Å². The van der Waals surface area contributed by atoms with Gasteiger partial charge in [-0.2, -0.15) is 0 Å². The monoisotopic (exact) mass is 326 g/mol. The number of carbonyl (C=O) groups is 2. The van der Waals surface area contributed by atoms with Gasteiger partial charge in [0.2, 0.25) is 0 Å². The van der Waals surface area contributed by atoms with Gasteiger partial charge in [-0.3, -0.25) is 4.79 Å². The first-order valence-corrected chi connectivity index (χ1v) is 8.46. The molecular weight excluding hydrogens is 304 g/mol. The van der Waals surface area contributed by atoms with E-state index >= 15 is 0 Å². The first kappa shape index (κ1) is 16.5. The minimum absolute atomic E-state index is 0.0678. The molecule has 7 nitrogen and oxygen atoms in total. The van der Waals surface area contributed by atoms with Crippen LogP contribution in [0.1, 0.15) is 31.4 Å². The number of rotatable bonds is 8. The molecule has 1 aliphatic rings. The van der Waals surface area contributed by atoms with E-state index in [2.05, 4.69) is 20.5 Å². The lowest BCUT2D eigenvalue weighted by Crippen LogP contribution is -2.37. The number of carboxylic acids is 1. The van der Waals surface area contributed by atoms with Crippen molar-refractivity contribution >= 4 is 28.5 Å². The van der Waals surface area contributed by atoms with Gasteiger partial charge >= 0.3 is 12.0 Å². The Morgan fingerprint density at radius 2 is 2.00 bits per heavy atom. The van der Waals surface area contributed by atoms with Gasteiger partial charge in [-0.05, 0) is 19.3 Å². The zero-order valence-corrected chi connectivity index (χ0v) is 13.3. The number of hydrogen-bond acceptors (Lipinski definition) is 5. The smallest absolute Gasteiger partial charge is 0.314 e. The van der Waals surface area contributed by atoms with E-state index in [1.165, 1.54) is 12.8 Å². The van der Waals surface area contributed by atoms with Gasteiger partial charge in [-0.1, -0.05) is 0 Å². The third-order valence-corrected chi connectivity index (χ3v) is 4.39. The number of aliphatic carboxylic acids is 1. The highest BCUT2D eigenvalue weighted by molar-refractivity contribution is 7.13. The van der Waals surface area contributed by atoms with Crippen LogP contribution in [0.25, 0.3) is 0 Å². The van der Waals surface area contributed by atoms with Crippen LogP contribution in [0.5, 0.6) is 0 Å². The topological polar surface area (TPSA) is 94.6 Å². The predicted molar refractivity (Wildman–Crippen MR) is 85.5 cm³/mol. The number of anilines is 1. The van der Waals surface area contributed by atoms with Crippen molar-refractivity contribution in [3.8, 4) is 0 Å². The van der Waals surface area contributed by atoms with Crippen molar-refractivity contribution in [3.05, 3.63) is 11.1 Å². The number of aromatic nitrogens is 1. The third kappa shape index (κ3) is 5.51. The Morgan fingerprint density at radius 1 is 1.27 bits per heavy atom. The second kappa shape index (κ2) is 8.57. The van der Waals surface area contributed by atoms with Crippen molar-refractivity contribution in [3.63, 3.8) is 0 Å². The van der Waals surface area contributed by atoms with E-state index in [0.717, 1.165) is 23.9 Å². The Hall–Kier alpha value is -1.83. The average molecular weight is 326 g/mol. The lowest BCUT2D eigenvalue weighted by Gasteiger charge is -2.12. The molecule has 0 radical (unpaired) electrons. The minimum atomic E-state index is -0.848. The number of nitrogens with zero attached hydrogens (tertiary/aromatic N) is 2. The number of amides is 2. The second-order valence-electron chi connectivity index (χ2n) is 5.25. The summed E-state index contributed by atoms with van der Waals surface area (Å²) in [6.07, 6.45) is 3.68. The maximum atomic E-state index is 11.5. The summed E-state index contributed by atoms with van der Waals surface area (Å²) >= 11 is 1.66. The summed E-state index contributed by atoms with van der Waals surface area (Å²) in [4.78, 5) is 28.7. The van der Waals surface area contributed by atoms with Crippen LogP contribution in [0, 0.1) is 0 Å². The summed E-state index contributed by atoms with van der Waals surface area (Å²) in [6.45, 7) is 3.07. The summed E-state index contributed by atoms with van der Waals surface area (Å²) < 4.78 is 0. The summed E-state index contributed by atoms with van der Waals surface area (Å²) in [5.41, 5.74) is 0.998. The Bertz CT molecular complexity index is 500. The molecule has 0 aliphatic carbocycles. The van der Waals surface area contributed by atoms with Crippen molar-refractivity contribution in [2.75, 3.05) is 31.1 Å². The maximum absolute atomic E-state index is 11.5. The zero-order chi connectivity index (χ0) is 15.8. The first-order valence-electron chi connectivity index (χ1n) is 7.58. The Morgan fingerprint density at radius 3 is 2.73 bits per heavy atom. The molecule has 0 saturated carbocycles. The van der Waals surface area contributed by atoms with Gasteiger partial charge in [0.15, 0.2) is 5.13 Å². The van der Waals surface area contributed by atoms with Crippen molar-refractivity contribution in [1.29, 1.82) is 0 Å². The van der Waals surface area contributed by atoms with E-state index in [9.17, 15) is 9.59 Å². The molecule has 1 aromatic rings. The fourth-order valence-electron chi connectivity index (χ4n) is 2.27. The second-order valence-corrected chi connectivity index (χ2v) is 6.08. The molecule has 8 heteroatoms. The van der Waals surface area contributed by atoms with Gasteiger partial charge in [0.1, 0.15) is 0 Å². The minimum Gasteiger partial charge on any atom is -0.481 e. The molecule has 1 aromatic heterocycles. The predicted octanol–water partition coefficient (Wildman–Crippen LogP) is 1.45. The normalized spacial score (nSPS) is 14.1. The van der Waals surface area contributed by atoms with E-state index < -0.39 is 5.97 Å². The van der Waals surface area contributed by atoms with Crippen molar-refractivity contribution < 1.29 is 14.7 Å². The lowest BCUT2D eigenvalue weighted by atomic mass is 10.3. The van der Waals surface area contributed by atoms with Crippen LogP contribution in [0.15, 0.2) is 5.38 Å². The van der Waals surface area contributed by atoms with Crippen LogP contribution in [-0.4, -0.2) is 48.3 Å². The van der Waals surface area contributed by atoms with Crippen LogP contribution < -0.4 is 15.5 Å². The van der Waals surface area contributed by atoms with Crippen LogP contribution in [0.2, 0.25) is 0 Å². The van der Waals surface area contributed by atoms with Gasteiger partial charge in [0, 0.05) is 44.4 Å². The average Bonchev–Trinajstić information content (AvgIpc) is 3.14. The number of hydrogen-bond donors (Lipinski definition) is 3. The van der Waals surface area contributed by atoms with E-state index in [-0.39, 0.29) is 12.5 Å². The van der Waals surface area contributed by atoms with Crippen LogP contribution in [0.3, 0.4) is 0 Å². The molecule has 0 aromatic carbocycles. The highest BCUT2D eigenvalue weighted by atomic mass is 32.1. The molecule has 1 saturated heterocycles. The number of urea groups is 1. The molecule has 2 heterocycles. The van der Waals surface area contributed by atoms with E-state index in [0.29, 0.717) is 25.9 Å². The van der Waals surface area contributed by atoms with Crippen molar-refractivity contribution in [2.24, 2.45) is 0 Å². The summed E-state index contributed by atoms with van der Waals surface area (Å²) in [5.74, 6) is -0.848. The van der Waals surface area contributed by atoms with Crippen LogP contribution in [-0.2, 0) is 11.2 Å². The molecule has 2 rings (SSSR count). The van der Waals surface area contributed by atoms with Crippen LogP contribution in [0.4, 0.5) is 9.93 Å². The Balaban J connectivity index is 1.59. The Labute approximate surface area is 133 Å². The van der Waals surface area contributed by atoms with E-state index in [4.69, 9.17) is 5.11 Å². The van der Waals surface area contributed by atoms with Gasteiger partial charge in [0.05, 0.1) is 5.69 Å².